The van der Waals surface area contributed by atoms with Crippen molar-refractivity contribution in [1.29, 1.82) is 0 Å². The van der Waals surface area contributed by atoms with Crippen LogP contribution in [0.5, 0.6) is 0 Å². The summed E-state index contributed by atoms with van der Waals surface area (Å²) in [7, 11) is 0. The zero-order valence-electron chi connectivity index (χ0n) is 11.7. The smallest absolute Gasteiger partial charge is 0.123 e. The highest BCUT2D eigenvalue weighted by Gasteiger charge is 2.44. The normalized spacial score (nSPS) is 22.6. The Bertz CT molecular complexity index is 598. The third-order valence-electron chi connectivity index (χ3n) is 4.28. The van der Waals surface area contributed by atoms with Crippen molar-refractivity contribution >= 4 is 11.6 Å². The monoisotopic (exact) mass is 288 g/mol. The van der Waals surface area contributed by atoms with Crippen LogP contribution in [0.4, 0.5) is 4.39 Å². The first-order chi connectivity index (χ1) is 9.58. The number of hydrogen-bond donors (Lipinski definition) is 0. The molecule has 104 valence electrons. The van der Waals surface area contributed by atoms with Gasteiger partial charge < -0.3 is 0 Å². The number of rotatable bonds is 3. The number of aryl methyl sites for hydroxylation is 2. The second-order valence-electron chi connectivity index (χ2n) is 5.77. The lowest BCUT2D eigenvalue weighted by Crippen LogP contribution is -2.02. The predicted octanol–water partition coefficient (Wildman–Crippen LogP) is 5.53. The highest BCUT2D eigenvalue weighted by Crippen LogP contribution is 2.57. The summed E-state index contributed by atoms with van der Waals surface area (Å²) < 4.78 is 13.4. The topological polar surface area (TPSA) is 0 Å². The van der Waals surface area contributed by atoms with Gasteiger partial charge in [-0.25, -0.2) is 4.39 Å². The minimum absolute atomic E-state index is 0.0270. The first-order valence-corrected chi connectivity index (χ1v) is 7.47. The van der Waals surface area contributed by atoms with Gasteiger partial charge in [0.25, 0.3) is 0 Å². The van der Waals surface area contributed by atoms with Crippen LogP contribution < -0.4 is 0 Å². The maximum Gasteiger partial charge on any atom is 0.123 e. The van der Waals surface area contributed by atoms with Gasteiger partial charge in [-0.1, -0.05) is 30.3 Å². The molecule has 1 aliphatic rings. The summed E-state index contributed by atoms with van der Waals surface area (Å²) in [5.74, 6) is 0.826. The van der Waals surface area contributed by atoms with Crippen LogP contribution in [0.3, 0.4) is 0 Å². The van der Waals surface area contributed by atoms with E-state index >= 15 is 0 Å². The second kappa shape index (κ2) is 5.21. The van der Waals surface area contributed by atoms with Gasteiger partial charge in [0.2, 0.25) is 0 Å². The zero-order chi connectivity index (χ0) is 14.3. The zero-order valence-corrected chi connectivity index (χ0v) is 12.5. The molecule has 0 radical (unpaired) electrons. The third-order valence-corrected chi connectivity index (χ3v) is 4.82. The molecule has 2 aromatic rings. The van der Waals surface area contributed by atoms with Gasteiger partial charge in [-0.2, -0.15) is 0 Å². The van der Waals surface area contributed by atoms with Gasteiger partial charge in [0, 0.05) is 0 Å². The number of halogens is 2. The van der Waals surface area contributed by atoms with E-state index in [0.29, 0.717) is 11.8 Å². The maximum absolute atomic E-state index is 13.4. The van der Waals surface area contributed by atoms with Crippen LogP contribution in [-0.2, 0) is 0 Å². The van der Waals surface area contributed by atoms with Crippen molar-refractivity contribution in [3.63, 3.8) is 0 Å². The highest BCUT2D eigenvalue weighted by molar-refractivity contribution is 6.21. The van der Waals surface area contributed by atoms with Gasteiger partial charge >= 0.3 is 0 Å². The highest BCUT2D eigenvalue weighted by atomic mass is 35.5. The summed E-state index contributed by atoms with van der Waals surface area (Å²) in [6.45, 7) is 3.89. The largest absolute Gasteiger partial charge is 0.207 e. The third kappa shape index (κ3) is 2.47. The summed E-state index contributed by atoms with van der Waals surface area (Å²) in [6, 6.07) is 13.7. The van der Waals surface area contributed by atoms with E-state index in [1.54, 1.807) is 12.1 Å². The van der Waals surface area contributed by atoms with Gasteiger partial charge in [-0.3, -0.25) is 0 Å². The molecule has 0 saturated heterocycles. The SMILES string of the molecule is Cc1cc(F)cc(C)c1C(Cl)C1CC1c1ccccc1. The lowest BCUT2D eigenvalue weighted by Gasteiger charge is -2.16. The molecule has 0 aromatic heterocycles. The number of alkyl halides is 1. The Morgan fingerprint density at radius 3 is 2.30 bits per heavy atom. The molecule has 3 atom stereocenters. The van der Waals surface area contributed by atoms with Crippen LogP contribution in [0, 0.1) is 25.6 Å². The molecule has 0 N–H and O–H groups in total. The second-order valence-corrected chi connectivity index (χ2v) is 6.24. The van der Waals surface area contributed by atoms with Gasteiger partial charge in [0.1, 0.15) is 5.82 Å². The van der Waals surface area contributed by atoms with Gasteiger partial charge in [0.05, 0.1) is 5.38 Å². The molecule has 1 aliphatic carbocycles. The van der Waals surface area contributed by atoms with Crippen molar-refractivity contribution in [3.05, 3.63) is 70.5 Å². The summed E-state index contributed by atoms with van der Waals surface area (Å²) in [5.41, 5.74) is 4.39. The van der Waals surface area contributed by atoms with E-state index in [4.69, 9.17) is 11.6 Å². The van der Waals surface area contributed by atoms with Crippen molar-refractivity contribution in [1.82, 2.24) is 0 Å². The van der Waals surface area contributed by atoms with E-state index in [2.05, 4.69) is 24.3 Å². The van der Waals surface area contributed by atoms with Crippen LogP contribution in [0.15, 0.2) is 42.5 Å². The van der Waals surface area contributed by atoms with Crippen LogP contribution in [-0.4, -0.2) is 0 Å². The molecule has 1 saturated carbocycles. The Morgan fingerprint density at radius 2 is 1.70 bits per heavy atom. The predicted molar refractivity (Wildman–Crippen MR) is 81.8 cm³/mol. The van der Waals surface area contributed by atoms with Crippen LogP contribution in [0.1, 0.15) is 40.0 Å². The minimum atomic E-state index is -0.178. The standard InChI is InChI=1S/C18H18ClF/c1-11-8-14(20)9-12(2)17(11)18(19)16-10-15(16)13-6-4-3-5-7-13/h3-9,15-16,18H,10H2,1-2H3. The molecule has 0 amide bonds. The molecule has 3 unspecified atom stereocenters. The summed E-state index contributed by atoms with van der Waals surface area (Å²) >= 11 is 6.69. The van der Waals surface area contributed by atoms with Crippen LogP contribution in [0.25, 0.3) is 0 Å². The molecule has 3 rings (SSSR count). The van der Waals surface area contributed by atoms with Gasteiger partial charge in [-0.05, 0) is 66.5 Å². The molecule has 0 bridgehead atoms. The van der Waals surface area contributed by atoms with E-state index < -0.39 is 0 Å². The Kier molecular flexibility index (Phi) is 3.55. The Morgan fingerprint density at radius 1 is 1.10 bits per heavy atom. The fourth-order valence-electron chi connectivity index (χ4n) is 3.19. The molecule has 20 heavy (non-hydrogen) atoms. The van der Waals surface area contributed by atoms with E-state index in [-0.39, 0.29) is 11.2 Å². The number of benzene rings is 2. The lowest BCUT2D eigenvalue weighted by molar-refractivity contribution is 0.622. The molecule has 0 nitrogen and oxygen atoms in total. The van der Waals surface area contributed by atoms with Crippen LogP contribution >= 0.6 is 11.6 Å². The van der Waals surface area contributed by atoms with Crippen molar-refractivity contribution < 1.29 is 4.39 Å². The minimum Gasteiger partial charge on any atom is -0.207 e. The maximum atomic E-state index is 13.4. The first kappa shape index (κ1) is 13.6. The molecular formula is C18H18ClF. The summed E-state index contributed by atoms with van der Waals surface area (Å²) in [5, 5.41) is -0.0270. The summed E-state index contributed by atoms with van der Waals surface area (Å²) in [4.78, 5) is 0. The number of hydrogen-bond acceptors (Lipinski definition) is 0. The molecule has 1 fully saturated rings. The average Bonchev–Trinajstić information content (AvgIpc) is 3.18. The van der Waals surface area contributed by atoms with E-state index in [1.807, 2.05) is 19.9 Å². The first-order valence-electron chi connectivity index (χ1n) is 7.03. The molecule has 2 heteroatoms. The van der Waals surface area contributed by atoms with Crippen molar-refractivity contribution in [2.75, 3.05) is 0 Å². The Balaban J connectivity index is 1.84. The summed E-state index contributed by atoms with van der Waals surface area (Å²) in [6.07, 6.45) is 1.12. The van der Waals surface area contributed by atoms with Gasteiger partial charge in [-0.15, -0.1) is 11.6 Å². The average molecular weight is 289 g/mol. The van der Waals surface area contributed by atoms with Crippen molar-refractivity contribution in [2.24, 2.45) is 5.92 Å². The lowest BCUT2D eigenvalue weighted by atomic mass is 9.95. The molecule has 0 aliphatic heterocycles. The fourth-order valence-corrected chi connectivity index (χ4v) is 3.82. The van der Waals surface area contributed by atoms with Crippen LogP contribution in [0.2, 0.25) is 0 Å². The van der Waals surface area contributed by atoms with E-state index in [1.165, 1.54) is 5.56 Å². The van der Waals surface area contributed by atoms with Crippen molar-refractivity contribution in [3.8, 4) is 0 Å². The molecule has 0 heterocycles. The van der Waals surface area contributed by atoms with Crippen molar-refractivity contribution in [2.45, 2.75) is 31.6 Å². The van der Waals surface area contributed by atoms with E-state index in [0.717, 1.165) is 23.1 Å². The Labute approximate surface area is 124 Å². The quantitative estimate of drug-likeness (QED) is 0.652. The molecule has 2 aromatic carbocycles. The fraction of sp³-hybridized carbons (Fsp3) is 0.333. The molecular weight excluding hydrogens is 271 g/mol. The van der Waals surface area contributed by atoms with E-state index in [9.17, 15) is 4.39 Å². The Hall–Kier alpha value is -1.34. The molecule has 0 spiro atoms. The van der Waals surface area contributed by atoms with Gasteiger partial charge in [0.15, 0.2) is 0 Å².